The standard InChI is InChI=1S/C20H19ClN2O6/c1-28-16-7-2-13(3-8-16)11-22(15-5-6-15)19(24)12-29-20(25)17-9-4-14(21)10-18(17)23(26)27/h2-4,7-10,15H,5-6,11-12H2,1H3. The van der Waals surface area contributed by atoms with Gasteiger partial charge in [-0.25, -0.2) is 4.79 Å². The Morgan fingerprint density at radius 3 is 2.48 bits per heavy atom. The summed E-state index contributed by atoms with van der Waals surface area (Å²) in [6, 6.07) is 11.1. The highest BCUT2D eigenvalue weighted by Crippen LogP contribution is 2.29. The van der Waals surface area contributed by atoms with Gasteiger partial charge in [0.1, 0.15) is 11.3 Å². The van der Waals surface area contributed by atoms with E-state index < -0.39 is 23.2 Å². The smallest absolute Gasteiger partial charge is 0.345 e. The fourth-order valence-corrected chi connectivity index (χ4v) is 3.02. The zero-order chi connectivity index (χ0) is 21.0. The van der Waals surface area contributed by atoms with Gasteiger partial charge in [-0.1, -0.05) is 23.7 Å². The lowest BCUT2D eigenvalue weighted by Crippen LogP contribution is -2.36. The summed E-state index contributed by atoms with van der Waals surface area (Å²) in [4.78, 5) is 37.0. The Bertz CT molecular complexity index is 927. The third-order valence-electron chi connectivity index (χ3n) is 4.52. The molecule has 1 saturated carbocycles. The average Bonchev–Trinajstić information content (AvgIpc) is 3.55. The molecule has 0 unspecified atom stereocenters. The zero-order valence-electron chi connectivity index (χ0n) is 15.7. The third-order valence-corrected chi connectivity index (χ3v) is 4.76. The number of carbonyl (C=O) groups excluding carboxylic acids is 2. The number of amides is 1. The first-order chi connectivity index (χ1) is 13.9. The molecule has 0 saturated heterocycles. The molecular formula is C20H19ClN2O6. The molecule has 0 bridgehead atoms. The van der Waals surface area contributed by atoms with Gasteiger partial charge < -0.3 is 14.4 Å². The molecule has 1 aliphatic carbocycles. The van der Waals surface area contributed by atoms with Gasteiger partial charge in [0.25, 0.3) is 11.6 Å². The molecule has 3 rings (SSSR count). The molecule has 2 aromatic rings. The van der Waals surface area contributed by atoms with E-state index in [2.05, 4.69) is 0 Å². The Kier molecular flexibility index (Phi) is 6.33. The van der Waals surface area contributed by atoms with E-state index in [0.717, 1.165) is 30.2 Å². The first kappa shape index (κ1) is 20.6. The highest BCUT2D eigenvalue weighted by atomic mass is 35.5. The van der Waals surface area contributed by atoms with Crippen LogP contribution in [0, 0.1) is 10.1 Å². The molecule has 9 heteroatoms. The highest BCUT2D eigenvalue weighted by Gasteiger charge is 2.33. The van der Waals surface area contributed by atoms with Gasteiger partial charge >= 0.3 is 5.97 Å². The molecule has 0 N–H and O–H groups in total. The summed E-state index contributed by atoms with van der Waals surface area (Å²) < 4.78 is 10.2. The summed E-state index contributed by atoms with van der Waals surface area (Å²) >= 11 is 5.75. The molecule has 152 valence electrons. The predicted octanol–water partition coefficient (Wildman–Crippen LogP) is 3.60. The van der Waals surface area contributed by atoms with Crippen LogP contribution in [0.2, 0.25) is 5.02 Å². The van der Waals surface area contributed by atoms with E-state index in [4.69, 9.17) is 21.1 Å². The molecule has 1 aliphatic rings. The van der Waals surface area contributed by atoms with E-state index in [-0.39, 0.29) is 22.5 Å². The number of ether oxygens (including phenoxy) is 2. The number of carbonyl (C=O) groups is 2. The van der Waals surface area contributed by atoms with Gasteiger partial charge in [0.2, 0.25) is 0 Å². The third kappa shape index (κ3) is 5.23. The van der Waals surface area contributed by atoms with Gasteiger partial charge in [0.15, 0.2) is 6.61 Å². The molecule has 0 heterocycles. The van der Waals surface area contributed by atoms with Crippen LogP contribution in [0.3, 0.4) is 0 Å². The Labute approximate surface area is 172 Å². The van der Waals surface area contributed by atoms with Crippen molar-refractivity contribution in [1.29, 1.82) is 0 Å². The zero-order valence-corrected chi connectivity index (χ0v) is 16.4. The highest BCUT2D eigenvalue weighted by molar-refractivity contribution is 6.31. The lowest BCUT2D eigenvalue weighted by Gasteiger charge is -2.22. The summed E-state index contributed by atoms with van der Waals surface area (Å²) in [7, 11) is 1.58. The second-order valence-electron chi connectivity index (χ2n) is 6.60. The van der Waals surface area contributed by atoms with Crippen molar-refractivity contribution in [2.24, 2.45) is 0 Å². The molecule has 0 atom stereocenters. The van der Waals surface area contributed by atoms with Crippen LogP contribution >= 0.6 is 11.6 Å². The molecule has 0 aromatic heterocycles. The van der Waals surface area contributed by atoms with Crippen LogP contribution in [0.15, 0.2) is 42.5 Å². The number of benzene rings is 2. The van der Waals surface area contributed by atoms with Crippen LogP contribution in [0.25, 0.3) is 0 Å². The number of hydrogen-bond acceptors (Lipinski definition) is 6. The number of nitro benzene ring substituents is 1. The number of methoxy groups -OCH3 is 1. The van der Waals surface area contributed by atoms with E-state index in [1.807, 2.05) is 24.3 Å². The van der Waals surface area contributed by atoms with Gasteiger partial charge in [0, 0.05) is 23.7 Å². The van der Waals surface area contributed by atoms with Crippen LogP contribution < -0.4 is 4.74 Å². The summed E-state index contributed by atoms with van der Waals surface area (Å²) in [5, 5.41) is 11.3. The lowest BCUT2D eigenvalue weighted by molar-refractivity contribution is -0.385. The minimum absolute atomic E-state index is 0.105. The van der Waals surface area contributed by atoms with Crippen molar-refractivity contribution in [2.75, 3.05) is 13.7 Å². The van der Waals surface area contributed by atoms with Crippen LogP contribution in [0.1, 0.15) is 28.8 Å². The fraction of sp³-hybridized carbons (Fsp3) is 0.300. The van der Waals surface area contributed by atoms with Crippen LogP contribution in [-0.2, 0) is 16.1 Å². The maximum absolute atomic E-state index is 12.6. The Hall–Kier alpha value is -3.13. The number of esters is 1. The molecule has 29 heavy (non-hydrogen) atoms. The maximum atomic E-state index is 12.6. The molecule has 0 aliphatic heterocycles. The van der Waals surface area contributed by atoms with E-state index in [1.54, 1.807) is 12.0 Å². The number of rotatable bonds is 8. The maximum Gasteiger partial charge on any atom is 0.345 e. The first-order valence-corrected chi connectivity index (χ1v) is 9.30. The topological polar surface area (TPSA) is 99.0 Å². The van der Waals surface area contributed by atoms with Gasteiger partial charge in [-0.2, -0.15) is 0 Å². The molecule has 1 fully saturated rings. The molecular weight excluding hydrogens is 400 g/mol. The predicted molar refractivity (Wildman–Crippen MR) is 105 cm³/mol. The number of nitro groups is 1. The van der Waals surface area contributed by atoms with Gasteiger partial charge in [-0.3, -0.25) is 14.9 Å². The molecule has 1 amide bonds. The van der Waals surface area contributed by atoms with Crippen LogP contribution in [-0.4, -0.2) is 41.5 Å². The summed E-state index contributed by atoms with van der Waals surface area (Å²) in [6.45, 7) is -0.114. The van der Waals surface area contributed by atoms with Crippen molar-refractivity contribution in [3.63, 3.8) is 0 Å². The summed E-state index contributed by atoms with van der Waals surface area (Å²) in [5.74, 6) is -0.577. The van der Waals surface area contributed by atoms with E-state index in [1.165, 1.54) is 12.1 Å². The Morgan fingerprint density at radius 1 is 1.21 bits per heavy atom. The number of halogens is 1. The number of nitrogens with zero attached hydrogens (tertiary/aromatic N) is 2. The van der Waals surface area contributed by atoms with Crippen molar-refractivity contribution in [3.8, 4) is 5.75 Å². The van der Waals surface area contributed by atoms with Crippen molar-refractivity contribution in [3.05, 3.63) is 68.7 Å². The molecule has 2 aromatic carbocycles. The average molecular weight is 419 g/mol. The van der Waals surface area contributed by atoms with E-state index in [9.17, 15) is 19.7 Å². The normalized spacial score (nSPS) is 12.9. The largest absolute Gasteiger partial charge is 0.497 e. The van der Waals surface area contributed by atoms with E-state index >= 15 is 0 Å². The number of hydrogen-bond donors (Lipinski definition) is 0. The molecule has 8 nitrogen and oxygen atoms in total. The van der Waals surface area contributed by atoms with Crippen molar-refractivity contribution in [1.82, 2.24) is 4.90 Å². The minimum Gasteiger partial charge on any atom is -0.497 e. The van der Waals surface area contributed by atoms with Crippen LogP contribution in [0.4, 0.5) is 5.69 Å². The van der Waals surface area contributed by atoms with Crippen LogP contribution in [0.5, 0.6) is 5.75 Å². The van der Waals surface area contributed by atoms with Gasteiger partial charge in [0.05, 0.1) is 12.0 Å². The van der Waals surface area contributed by atoms with E-state index in [0.29, 0.717) is 6.54 Å². The van der Waals surface area contributed by atoms with Gasteiger partial charge in [-0.15, -0.1) is 0 Å². The van der Waals surface area contributed by atoms with Crippen molar-refractivity contribution in [2.45, 2.75) is 25.4 Å². The second kappa shape index (κ2) is 8.91. The lowest BCUT2D eigenvalue weighted by atomic mass is 10.2. The van der Waals surface area contributed by atoms with Gasteiger partial charge in [-0.05, 0) is 42.7 Å². The minimum atomic E-state index is -0.943. The first-order valence-electron chi connectivity index (χ1n) is 8.92. The van der Waals surface area contributed by atoms with Crippen molar-refractivity contribution >= 4 is 29.2 Å². The Morgan fingerprint density at radius 2 is 1.90 bits per heavy atom. The Balaban J connectivity index is 1.65. The quantitative estimate of drug-likeness (QED) is 0.369. The second-order valence-corrected chi connectivity index (χ2v) is 7.03. The summed E-state index contributed by atoms with van der Waals surface area (Å²) in [5.41, 5.74) is 0.207. The fourth-order valence-electron chi connectivity index (χ4n) is 2.85. The molecule has 0 spiro atoms. The van der Waals surface area contributed by atoms with Crippen molar-refractivity contribution < 1.29 is 24.0 Å². The summed E-state index contributed by atoms with van der Waals surface area (Å²) in [6.07, 6.45) is 1.77. The monoisotopic (exact) mass is 418 g/mol. The SMILES string of the molecule is COc1ccc(CN(C(=O)COC(=O)c2ccc(Cl)cc2[N+](=O)[O-])C2CC2)cc1. The molecule has 0 radical (unpaired) electrons.